The Kier molecular flexibility index (Phi) is 3.95. The van der Waals surface area contributed by atoms with Crippen LogP contribution in [0.15, 0.2) is 0 Å². The highest BCUT2D eigenvalue weighted by Gasteiger charge is 2.24. The predicted octanol–water partition coefficient (Wildman–Crippen LogP) is 2.97. The fraction of sp³-hybridized carbons (Fsp3) is 0.750. The largest absolute Gasteiger partial charge is 0.374 e. The first kappa shape index (κ1) is 12.0. The molecule has 1 heterocycles. The van der Waals surface area contributed by atoms with Crippen LogP contribution in [-0.2, 0) is 11.2 Å². The minimum absolute atomic E-state index is 0.146. The molecule has 1 aliphatic carbocycles. The van der Waals surface area contributed by atoms with Crippen molar-refractivity contribution in [2.45, 2.75) is 51.2 Å². The molecule has 0 aromatic carbocycles. The monoisotopic (exact) mass is 240 g/mol. The lowest BCUT2D eigenvalue weighted by Crippen LogP contribution is -2.16. The number of nitrogens with zero attached hydrogens (tertiary/aromatic N) is 1. The van der Waals surface area contributed by atoms with Crippen molar-refractivity contribution >= 4 is 11.3 Å². The van der Waals surface area contributed by atoms with Gasteiger partial charge in [0.25, 0.3) is 0 Å². The number of methoxy groups -OCH3 is 1. The molecule has 4 heteroatoms. The minimum atomic E-state index is 0.146. The van der Waals surface area contributed by atoms with Crippen LogP contribution in [-0.4, -0.2) is 12.1 Å². The van der Waals surface area contributed by atoms with Gasteiger partial charge in [0.1, 0.15) is 11.1 Å². The van der Waals surface area contributed by atoms with Crippen LogP contribution in [0.5, 0.6) is 0 Å². The van der Waals surface area contributed by atoms with E-state index in [9.17, 15) is 0 Å². The molecule has 3 nitrogen and oxygen atoms in total. The summed E-state index contributed by atoms with van der Waals surface area (Å²) in [5.74, 6) is 0. The molecule has 0 fully saturated rings. The summed E-state index contributed by atoms with van der Waals surface area (Å²) in [7, 11) is 1.76. The summed E-state index contributed by atoms with van der Waals surface area (Å²) in [5, 5.41) is 1.12. The van der Waals surface area contributed by atoms with Crippen LogP contribution in [0.4, 0.5) is 0 Å². The zero-order valence-electron chi connectivity index (χ0n) is 10.0. The molecule has 1 aromatic heterocycles. The lowest BCUT2D eigenvalue weighted by atomic mass is 9.99. The van der Waals surface area contributed by atoms with E-state index in [1.807, 2.05) is 0 Å². The van der Waals surface area contributed by atoms with Crippen molar-refractivity contribution in [3.05, 3.63) is 15.6 Å². The van der Waals surface area contributed by atoms with Gasteiger partial charge in [0.05, 0.1) is 5.69 Å². The van der Waals surface area contributed by atoms with Crippen LogP contribution in [0.2, 0.25) is 0 Å². The van der Waals surface area contributed by atoms with Crippen molar-refractivity contribution in [1.82, 2.24) is 4.98 Å². The van der Waals surface area contributed by atoms with Gasteiger partial charge in [-0.25, -0.2) is 4.98 Å². The molecular weight excluding hydrogens is 220 g/mol. The molecule has 16 heavy (non-hydrogen) atoms. The van der Waals surface area contributed by atoms with Gasteiger partial charge in [0.2, 0.25) is 0 Å². The molecule has 0 saturated carbocycles. The van der Waals surface area contributed by atoms with Gasteiger partial charge in [-0.1, -0.05) is 13.3 Å². The van der Waals surface area contributed by atoms with E-state index in [4.69, 9.17) is 15.5 Å². The Balaban J connectivity index is 2.22. The first-order valence-electron chi connectivity index (χ1n) is 6.04. The standard InChI is InChI=1S/C12H20N2OS/c1-3-5-9(15-2)12-14-11-8(13)6-4-7-10(11)16-12/h8-9H,3-7,13H2,1-2H3. The van der Waals surface area contributed by atoms with Crippen LogP contribution in [0.25, 0.3) is 0 Å². The van der Waals surface area contributed by atoms with E-state index in [-0.39, 0.29) is 12.1 Å². The number of fused-ring (bicyclic) bond motifs is 1. The van der Waals surface area contributed by atoms with Crippen LogP contribution >= 0.6 is 11.3 Å². The molecule has 0 saturated heterocycles. The van der Waals surface area contributed by atoms with Crippen molar-refractivity contribution in [2.75, 3.05) is 7.11 Å². The van der Waals surface area contributed by atoms with Crippen molar-refractivity contribution in [1.29, 1.82) is 0 Å². The molecule has 0 amide bonds. The highest BCUT2D eigenvalue weighted by Crippen LogP contribution is 2.35. The van der Waals surface area contributed by atoms with E-state index >= 15 is 0 Å². The summed E-state index contributed by atoms with van der Waals surface area (Å²) >= 11 is 1.80. The Morgan fingerprint density at radius 3 is 3.06 bits per heavy atom. The third-order valence-electron chi connectivity index (χ3n) is 3.13. The maximum absolute atomic E-state index is 6.08. The zero-order chi connectivity index (χ0) is 11.5. The second-order valence-electron chi connectivity index (χ2n) is 4.37. The van der Waals surface area contributed by atoms with Gasteiger partial charge in [-0.15, -0.1) is 11.3 Å². The van der Waals surface area contributed by atoms with E-state index in [1.165, 1.54) is 11.3 Å². The van der Waals surface area contributed by atoms with Crippen LogP contribution < -0.4 is 5.73 Å². The van der Waals surface area contributed by atoms with Crippen molar-refractivity contribution in [3.8, 4) is 0 Å². The molecule has 2 unspecified atom stereocenters. The normalized spacial score (nSPS) is 21.8. The Labute approximate surface area is 101 Å². The summed E-state index contributed by atoms with van der Waals surface area (Å²) in [4.78, 5) is 6.07. The number of thiazole rings is 1. The van der Waals surface area contributed by atoms with Gasteiger partial charge in [0.15, 0.2) is 0 Å². The second kappa shape index (κ2) is 5.25. The predicted molar refractivity (Wildman–Crippen MR) is 66.6 cm³/mol. The third-order valence-corrected chi connectivity index (χ3v) is 4.35. The molecule has 0 radical (unpaired) electrons. The van der Waals surface area contributed by atoms with Crippen LogP contribution in [0.3, 0.4) is 0 Å². The van der Waals surface area contributed by atoms with E-state index in [0.717, 1.165) is 36.4 Å². The molecule has 0 bridgehead atoms. The summed E-state index contributed by atoms with van der Waals surface area (Å²) in [5.41, 5.74) is 7.21. The third kappa shape index (κ3) is 2.29. The minimum Gasteiger partial charge on any atom is -0.374 e. The van der Waals surface area contributed by atoms with E-state index in [2.05, 4.69) is 6.92 Å². The maximum atomic E-state index is 6.08. The summed E-state index contributed by atoms with van der Waals surface area (Å²) in [6, 6.07) is 0.146. The molecule has 1 aliphatic rings. The number of aryl methyl sites for hydroxylation is 1. The number of ether oxygens (including phenoxy) is 1. The summed E-state index contributed by atoms with van der Waals surface area (Å²) < 4.78 is 5.50. The fourth-order valence-electron chi connectivity index (χ4n) is 2.21. The Hall–Kier alpha value is -0.450. The van der Waals surface area contributed by atoms with Crippen molar-refractivity contribution < 1.29 is 4.74 Å². The smallest absolute Gasteiger partial charge is 0.122 e. The molecule has 2 N–H and O–H groups in total. The Morgan fingerprint density at radius 2 is 2.44 bits per heavy atom. The van der Waals surface area contributed by atoms with Gasteiger partial charge >= 0.3 is 0 Å². The number of aromatic nitrogens is 1. The Morgan fingerprint density at radius 1 is 1.62 bits per heavy atom. The molecule has 0 spiro atoms. The topological polar surface area (TPSA) is 48.1 Å². The maximum Gasteiger partial charge on any atom is 0.122 e. The Bertz CT molecular complexity index is 351. The first-order valence-corrected chi connectivity index (χ1v) is 6.85. The molecular formula is C12H20N2OS. The quantitative estimate of drug-likeness (QED) is 0.880. The van der Waals surface area contributed by atoms with E-state index in [0.29, 0.717) is 0 Å². The van der Waals surface area contributed by atoms with Gasteiger partial charge in [0, 0.05) is 18.0 Å². The molecule has 1 aromatic rings. The van der Waals surface area contributed by atoms with Gasteiger partial charge in [-0.2, -0.15) is 0 Å². The number of rotatable bonds is 4. The molecule has 0 aliphatic heterocycles. The molecule has 90 valence electrons. The first-order chi connectivity index (χ1) is 7.76. The molecule has 2 atom stereocenters. The van der Waals surface area contributed by atoms with Gasteiger partial charge in [-0.3, -0.25) is 0 Å². The molecule has 2 rings (SSSR count). The van der Waals surface area contributed by atoms with Gasteiger partial charge < -0.3 is 10.5 Å². The highest BCUT2D eigenvalue weighted by atomic mass is 32.1. The number of hydrogen-bond donors (Lipinski definition) is 1. The second-order valence-corrected chi connectivity index (χ2v) is 5.49. The summed E-state index contributed by atoms with van der Waals surface area (Å²) in [6.45, 7) is 2.17. The number of hydrogen-bond acceptors (Lipinski definition) is 4. The lowest BCUT2D eigenvalue weighted by molar-refractivity contribution is 0.0946. The van der Waals surface area contributed by atoms with Crippen molar-refractivity contribution in [2.24, 2.45) is 5.73 Å². The number of nitrogens with two attached hydrogens (primary N) is 1. The van der Waals surface area contributed by atoms with Crippen molar-refractivity contribution in [3.63, 3.8) is 0 Å². The lowest BCUT2D eigenvalue weighted by Gasteiger charge is -2.15. The average Bonchev–Trinajstić information content (AvgIpc) is 2.71. The zero-order valence-corrected chi connectivity index (χ0v) is 10.8. The summed E-state index contributed by atoms with van der Waals surface area (Å²) in [6.07, 6.45) is 5.73. The van der Waals surface area contributed by atoms with E-state index in [1.54, 1.807) is 18.4 Å². The fourth-order valence-corrected chi connectivity index (χ4v) is 3.50. The van der Waals surface area contributed by atoms with Crippen LogP contribution in [0.1, 0.15) is 60.3 Å². The SMILES string of the molecule is CCCC(OC)c1nc2c(s1)CCCC2N. The van der Waals surface area contributed by atoms with Gasteiger partial charge in [-0.05, 0) is 25.7 Å². The average molecular weight is 240 g/mol. The highest BCUT2D eigenvalue weighted by molar-refractivity contribution is 7.11. The van der Waals surface area contributed by atoms with Crippen LogP contribution in [0, 0.1) is 0 Å². The van der Waals surface area contributed by atoms with E-state index < -0.39 is 0 Å².